The average Bonchev–Trinajstić information content (AvgIpc) is 2.77. The van der Waals surface area contributed by atoms with Gasteiger partial charge in [0.1, 0.15) is 4.90 Å². The Morgan fingerprint density at radius 3 is 2.55 bits per heavy atom. The molecule has 2 atom stereocenters. The lowest BCUT2D eigenvalue weighted by molar-refractivity contribution is 0.345. The second kappa shape index (κ2) is 5.31. The molecule has 0 amide bonds. The van der Waals surface area contributed by atoms with Gasteiger partial charge in [0.15, 0.2) is 0 Å². The number of aromatic nitrogens is 1. The summed E-state index contributed by atoms with van der Waals surface area (Å²) in [7, 11) is -2.00. The maximum atomic E-state index is 12.3. The first-order chi connectivity index (χ1) is 9.56. The van der Waals surface area contributed by atoms with E-state index >= 15 is 0 Å². The van der Waals surface area contributed by atoms with Gasteiger partial charge < -0.3 is 10.1 Å². The molecule has 1 aromatic rings. The minimum Gasteiger partial charge on any atom is -0.481 e. The molecule has 6 nitrogen and oxygen atoms in total. The summed E-state index contributed by atoms with van der Waals surface area (Å²) in [6.45, 7) is 0. The van der Waals surface area contributed by atoms with Gasteiger partial charge in [0.05, 0.1) is 13.3 Å². The molecule has 2 fully saturated rings. The number of rotatable bonds is 4. The Hall–Kier alpha value is -1.18. The van der Waals surface area contributed by atoms with Crippen molar-refractivity contribution in [2.45, 2.75) is 48.7 Å². The van der Waals surface area contributed by atoms with Crippen molar-refractivity contribution in [1.29, 1.82) is 0 Å². The molecule has 0 radical (unpaired) electrons. The number of sulfonamides is 1. The first kappa shape index (κ1) is 13.8. The van der Waals surface area contributed by atoms with Gasteiger partial charge in [-0.05, 0) is 31.7 Å². The Morgan fingerprint density at radius 1 is 1.30 bits per heavy atom. The Morgan fingerprint density at radius 2 is 2.00 bits per heavy atom. The van der Waals surface area contributed by atoms with Gasteiger partial charge in [-0.1, -0.05) is 0 Å². The van der Waals surface area contributed by atoms with Gasteiger partial charge in [-0.3, -0.25) is 0 Å². The van der Waals surface area contributed by atoms with Crippen LogP contribution in [0.4, 0.5) is 0 Å². The van der Waals surface area contributed by atoms with Crippen LogP contribution in [0.15, 0.2) is 23.2 Å². The molecule has 7 heteroatoms. The lowest BCUT2D eigenvalue weighted by Crippen LogP contribution is -2.47. The Kier molecular flexibility index (Phi) is 3.66. The third-order valence-electron chi connectivity index (χ3n) is 4.02. The van der Waals surface area contributed by atoms with Crippen LogP contribution in [0.5, 0.6) is 5.88 Å². The number of fused-ring (bicyclic) bond motifs is 2. The molecule has 2 unspecified atom stereocenters. The zero-order valence-corrected chi connectivity index (χ0v) is 12.2. The van der Waals surface area contributed by atoms with E-state index in [-0.39, 0.29) is 10.9 Å². The molecule has 0 aliphatic carbocycles. The summed E-state index contributed by atoms with van der Waals surface area (Å²) in [5, 5.41) is 3.50. The van der Waals surface area contributed by atoms with Crippen molar-refractivity contribution >= 4 is 10.0 Å². The van der Waals surface area contributed by atoms with Crippen LogP contribution in [0.25, 0.3) is 0 Å². The maximum Gasteiger partial charge on any atom is 0.242 e. The number of ether oxygens (including phenoxy) is 1. The molecule has 2 aliphatic heterocycles. The summed E-state index contributed by atoms with van der Waals surface area (Å²) in [5.74, 6) is 0.406. The fourth-order valence-corrected chi connectivity index (χ4v) is 4.29. The molecule has 2 N–H and O–H groups in total. The molecule has 0 spiro atoms. The quantitative estimate of drug-likeness (QED) is 0.853. The number of pyridine rings is 1. The van der Waals surface area contributed by atoms with Crippen molar-refractivity contribution in [2.75, 3.05) is 7.11 Å². The van der Waals surface area contributed by atoms with Crippen molar-refractivity contribution in [3.63, 3.8) is 0 Å². The molecule has 3 rings (SSSR count). The van der Waals surface area contributed by atoms with Gasteiger partial charge in [0, 0.05) is 24.2 Å². The molecule has 2 saturated heterocycles. The standard InChI is InChI=1S/C13H19N3O3S/c1-19-13-5-4-12(8-14-13)20(17,18)16-11-6-9-2-3-10(7-11)15-9/h4-5,8-11,15-16H,2-3,6-7H2,1H3. The highest BCUT2D eigenvalue weighted by molar-refractivity contribution is 7.89. The Bertz CT molecular complexity index is 561. The first-order valence-corrected chi connectivity index (χ1v) is 8.33. The second-order valence-electron chi connectivity index (χ2n) is 5.46. The van der Waals surface area contributed by atoms with E-state index in [1.54, 1.807) is 6.07 Å². The third-order valence-corrected chi connectivity index (χ3v) is 5.53. The predicted molar refractivity (Wildman–Crippen MR) is 74.1 cm³/mol. The molecule has 2 bridgehead atoms. The van der Waals surface area contributed by atoms with E-state index < -0.39 is 10.0 Å². The van der Waals surface area contributed by atoms with E-state index in [2.05, 4.69) is 15.0 Å². The average molecular weight is 297 g/mol. The molecule has 0 saturated carbocycles. The molecule has 3 heterocycles. The van der Waals surface area contributed by atoms with E-state index in [1.165, 1.54) is 19.4 Å². The van der Waals surface area contributed by atoms with Gasteiger partial charge >= 0.3 is 0 Å². The lowest BCUT2D eigenvalue weighted by atomic mass is 10.0. The minimum absolute atomic E-state index is 0.0147. The number of piperidine rings is 1. The summed E-state index contributed by atoms with van der Waals surface area (Å²) < 4.78 is 32.4. The molecular weight excluding hydrogens is 278 g/mol. The minimum atomic E-state index is -3.50. The number of nitrogens with zero attached hydrogens (tertiary/aromatic N) is 1. The van der Waals surface area contributed by atoms with E-state index in [1.807, 2.05) is 0 Å². The smallest absolute Gasteiger partial charge is 0.242 e. The van der Waals surface area contributed by atoms with Crippen molar-refractivity contribution in [1.82, 2.24) is 15.0 Å². The monoisotopic (exact) mass is 297 g/mol. The van der Waals surface area contributed by atoms with E-state index in [0.717, 1.165) is 25.7 Å². The summed E-state index contributed by atoms with van der Waals surface area (Å²) in [6, 6.07) is 4.00. The summed E-state index contributed by atoms with van der Waals surface area (Å²) >= 11 is 0. The largest absolute Gasteiger partial charge is 0.481 e. The van der Waals surface area contributed by atoms with Crippen LogP contribution in [0.1, 0.15) is 25.7 Å². The maximum absolute atomic E-state index is 12.3. The molecule has 20 heavy (non-hydrogen) atoms. The van der Waals surface area contributed by atoms with Crippen molar-refractivity contribution < 1.29 is 13.2 Å². The van der Waals surface area contributed by atoms with Crippen LogP contribution < -0.4 is 14.8 Å². The van der Waals surface area contributed by atoms with Crippen LogP contribution in [-0.2, 0) is 10.0 Å². The predicted octanol–water partition coefficient (Wildman–Crippen LogP) is 0.651. The molecule has 1 aromatic heterocycles. The zero-order valence-electron chi connectivity index (χ0n) is 11.4. The number of methoxy groups -OCH3 is 1. The second-order valence-corrected chi connectivity index (χ2v) is 7.18. The third kappa shape index (κ3) is 2.79. The van der Waals surface area contributed by atoms with Gasteiger partial charge in [0.25, 0.3) is 0 Å². The SMILES string of the molecule is COc1ccc(S(=O)(=O)NC2CC3CCC(C2)N3)cn1. The molecular formula is C13H19N3O3S. The fourth-order valence-electron chi connectivity index (χ4n) is 3.09. The Balaban J connectivity index is 1.71. The van der Waals surface area contributed by atoms with Crippen molar-refractivity contribution in [3.05, 3.63) is 18.3 Å². The van der Waals surface area contributed by atoms with Crippen LogP contribution in [0.3, 0.4) is 0 Å². The van der Waals surface area contributed by atoms with E-state index in [0.29, 0.717) is 18.0 Å². The highest BCUT2D eigenvalue weighted by atomic mass is 32.2. The molecule has 110 valence electrons. The van der Waals surface area contributed by atoms with Gasteiger partial charge in [-0.2, -0.15) is 0 Å². The summed E-state index contributed by atoms with van der Waals surface area (Å²) in [4.78, 5) is 4.13. The highest BCUT2D eigenvalue weighted by Crippen LogP contribution is 2.27. The number of hydrogen-bond acceptors (Lipinski definition) is 5. The zero-order chi connectivity index (χ0) is 14.2. The van der Waals surface area contributed by atoms with Crippen LogP contribution >= 0.6 is 0 Å². The summed E-state index contributed by atoms with van der Waals surface area (Å²) in [5.41, 5.74) is 0. The number of nitrogens with one attached hydrogen (secondary N) is 2. The lowest BCUT2D eigenvalue weighted by Gasteiger charge is -2.29. The topological polar surface area (TPSA) is 80.3 Å². The van der Waals surface area contributed by atoms with Gasteiger partial charge in [-0.25, -0.2) is 18.1 Å². The first-order valence-electron chi connectivity index (χ1n) is 6.85. The van der Waals surface area contributed by atoms with Crippen LogP contribution in [0, 0.1) is 0 Å². The van der Waals surface area contributed by atoms with Gasteiger partial charge in [0.2, 0.25) is 15.9 Å². The van der Waals surface area contributed by atoms with Crippen molar-refractivity contribution in [2.24, 2.45) is 0 Å². The van der Waals surface area contributed by atoms with Crippen LogP contribution in [0.2, 0.25) is 0 Å². The van der Waals surface area contributed by atoms with Crippen LogP contribution in [-0.4, -0.2) is 38.6 Å². The highest BCUT2D eigenvalue weighted by Gasteiger charge is 2.35. The van der Waals surface area contributed by atoms with Gasteiger partial charge in [-0.15, -0.1) is 0 Å². The van der Waals surface area contributed by atoms with Crippen molar-refractivity contribution in [3.8, 4) is 5.88 Å². The van der Waals surface area contributed by atoms with E-state index in [4.69, 9.17) is 4.74 Å². The number of hydrogen-bond donors (Lipinski definition) is 2. The molecule has 0 aromatic carbocycles. The fraction of sp³-hybridized carbons (Fsp3) is 0.615. The summed E-state index contributed by atoms with van der Waals surface area (Å²) in [6.07, 6.45) is 5.34. The normalized spacial score (nSPS) is 29.4. The van der Waals surface area contributed by atoms with E-state index in [9.17, 15) is 8.42 Å². The Labute approximate surface area is 119 Å². The molecule has 2 aliphatic rings.